The summed E-state index contributed by atoms with van der Waals surface area (Å²) in [5.74, 6) is -0.967. The Balaban J connectivity index is 2.51. The summed E-state index contributed by atoms with van der Waals surface area (Å²) in [6, 6.07) is 0. The molecule has 1 aliphatic heterocycles. The maximum atomic E-state index is 12.6. The zero-order chi connectivity index (χ0) is 35.2. The first-order valence-corrected chi connectivity index (χ1v) is 17.9. The lowest BCUT2D eigenvalue weighted by atomic mass is 9.99. The Labute approximate surface area is 288 Å². The number of carbonyl (C=O) groups is 2. The molecule has 0 amide bonds. The van der Waals surface area contributed by atoms with Gasteiger partial charge in [0.05, 0.1) is 19.6 Å². The first-order chi connectivity index (χ1) is 23.3. The molecule has 1 fully saturated rings. The van der Waals surface area contributed by atoms with E-state index in [1.807, 2.05) is 12.2 Å². The van der Waals surface area contributed by atoms with Crippen LogP contribution in [0.2, 0.25) is 0 Å². The number of allylic oxidation sites excluding steroid dienone is 9. The van der Waals surface area contributed by atoms with Crippen molar-refractivity contribution in [2.75, 3.05) is 19.8 Å². The van der Waals surface area contributed by atoms with Crippen molar-refractivity contribution in [3.8, 4) is 0 Å². The van der Waals surface area contributed by atoms with Gasteiger partial charge in [-0.05, 0) is 38.5 Å². The largest absolute Gasteiger partial charge is 0.462 e. The van der Waals surface area contributed by atoms with Gasteiger partial charge in [0.2, 0.25) is 0 Å². The van der Waals surface area contributed by atoms with Crippen LogP contribution in [0.4, 0.5) is 0 Å². The van der Waals surface area contributed by atoms with E-state index in [9.17, 15) is 30.0 Å². The highest BCUT2D eigenvalue weighted by Gasteiger charge is 2.44. The molecular formula is C38H62O10. The van der Waals surface area contributed by atoms with E-state index in [0.717, 1.165) is 44.9 Å². The molecule has 0 aromatic carbocycles. The molecule has 6 atom stereocenters. The molecule has 1 rings (SSSR count). The van der Waals surface area contributed by atoms with Crippen LogP contribution in [0.3, 0.4) is 0 Å². The topological polar surface area (TPSA) is 152 Å². The van der Waals surface area contributed by atoms with E-state index in [2.05, 4.69) is 56.4 Å². The Morgan fingerprint density at radius 1 is 0.667 bits per heavy atom. The van der Waals surface area contributed by atoms with E-state index >= 15 is 0 Å². The molecule has 1 saturated heterocycles. The summed E-state index contributed by atoms with van der Waals surface area (Å²) in [6.07, 6.45) is 25.6. The van der Waals surface area contributed by atoms with E-state index in [4.69, 9.17) is 18.9 Å². The van der Waals surface area contributed by atoms with Gasteiger partial charge in [0.25, 0.3) is 0 Å². The molecule has 274 valence electrons. The van der Waals surface area contributed by atoms with Crippen molar-refractivity contribution in [3.63, 3.8) is 0 Å². The van der Waals surface area contributed by atoms with Gasteiger partial charge in [-0.15, -0.1) is 0 Å². The van der Waals surface area contributed by atoms with Gasteiger partial charge in [0, 0.05) is 6.42 Å². The summed E-state index contributed by atoms with van der Waals surface area (Å²) in [4.78, 5) is 25.0. The van der Waals surface area contributed by atoms with Crippen LogP contribution in [0.1, 0.15) is 110 Å². The second kappa shape index (κ2) is 29.3. The monoisotopic (exact) mass is 678 g/mol. The minimum Gasteiger partial charge on any atom is -0.462 e. The summed E-state index contributed by atoms with van der Waals surface area (Å²) in [7, 11) is 0. The molecule has 48 heavy (non-hydrogen) atoms. The zero-order valence-corrected chi connectivity index (χ0v) is 29.2. The third-order valence-electron chi connectivity index (χ3n) is 7.70. The van der Waals surface area contributed by atoms with Crippen molar-refractivity contribution in [2.24, 2.45) is 0 Å². The maximum Gasteiger partial charge on any atom is 0.310 e. The zero-order valence-electron chi connectivity index (χ0n) is 29.2. The lowest BCUT2D eigenvalue weighted by Gasteiger charge is -2.39. The summed E-state index contributed by atoms with van der Waals surface area (Å²) >= 11 is 0. The Morgan fingerprint density at radius 3 is 1.77 bits per heavy atom. The van der Waals surface area contributed by atoms with Gasteiger partial charge >= 0.3 is 11.9 Å². The molecule has 0 aromatic rings. The first kappa shape index (κ1) is 43.4. The van der Waals surface area contributed by atoms with Gasteiger partial charge in [-0.1, -0.05) is 120 Å². The lowest BCUT2D eigenvalue weighted by molar-refractivity contribution is -0.305. The number of esters is 2. The number of hydrogen-bond acceptors (Lipinski definition) is 10. The van der Waals surface area contributed by atoms with Crippen molar-refractivity contribution >= 4 is 11.9 Å². The highest BCUT2D eigenvalue weighted by molar-refractivity contribution is 5.71. The smallest absolute Gasteiger partial charge is 0.310 e. The SMILES string of the molecule is CC/C=C\C/C=C\C/C=C\C/C=C\C/C=C\CC(=O)OC(COC(=O)CCCCCCCCCC)COC1OC(CO)C(O)C(O)C1O. The number of rotatable bonds is 27. The minimum atomic E-state index is -1.61. The van der Waals surface area contributed by atoms with Crippen LogP contribution in [-0.4, -0.2) is 89.0 Å². The molecule has 0 aromatic heterocycles. The van der Waals surface area contributed by atoms with Crippen LogP contribution >= 0.6 is 0 Å². The van der Waals surface area contributed by atoms with Crippen molar-refractivity contribution in [2.45, 2.75) is 147 Å². The van der Waals surface area contributed by atoms with E-state index in [0.29, 0.717) is 12.8 Å². The highest BCUT2D eigenvalue weighted by Crippen LogP contribution is 2.22. The van der Waals surface area contributed by atoms with E-state index in [1.54, 1.807) is 6.08 Å². The van der Waals surface area contributed by atoms with Crippen LogP contribution in [0, 0.1) is 0 Å². The fraction of sp³-hybridized carbons (Fsp3) is 0.684. The van der Waals surface area contributed by atoms with Crippen LogP contribution in [0.15, 0.2) is 60.8 Å². The molecule has 1 aliphatic rings. The molecule has 10 nitrogen and oxygen atoms in total. The average Bonchev–Trinajstić information content (AvgIpc) is 3.08. The number of hydrogen-bond donors (Lipinski definition) is 4. The normalized spacial score (nSPS) is 22.5. The first-order valence-electron chi connectivity index (χ1n) is 17.9. The summed E-state index contributed by atoms with van der Waals surface area (Å²) in [5, 5.41) is 39.8. The Hall–Kier alpha value is -2.60. The van der Waals surface area contributed by atoms with E-state index in [-0.39, 0.29) is 26.1 Å². The number of unbranched alkanes of at least 4 members (excludes halogenated alkanes) is 7. The molecule has 0 spiro atoms. The van der Waals surface area contributed by atoms with E-state index in [1.165, 1.54) is 25.7 Å². The predicted molar refractivity (Wildman–Crippen MR) is 187 cm³/mol. The number of aliphatic hydroxyl groups excluding tert-OH is 4. The predicted octanol–water partition coefficient (Wildman–Crippen LogP) is 5.93. The van der Waals surface area contributed by atoms with Gasteiger partial charge in [-0.25, -0.2) is 0 Å². The van der Waals surface area contributed by atoms with Gasteiger partial charge in [-0.3, -0.25) is 9.59 Å². The molecule has 0 aliphatic carbocycles. The van der Waals surface area contributed by atoms with E-state index < -0.39 is 55.4 Å². The lowest BCUT2D eigenvalue weighted by Crippen LogP contribution is -2.59. The highest BCUT2D eigenvalue weighted by atomic mass is 16.7. The quantitative estimate of drug-likeness (QED) is 0.0467. The van der Waals surface area contributed by atoms with Crippen molar-refractivity contribution in [1.82, 2.24) is 0 Å². The fourth-order valence-corrected chi connectivity index (χ4v) is 4.85. The van der Waals surface area contributed by atoms with Crippen molar-refractivity contribution in [1.29, 1.82) is 0 Å². The fourth-order valence-electron chi connectivity index (χ4n) is 4.85. The molecule has 0 saturated carbocycles. The maximum absolute atomic E-state index is 12.6. The molecule has 1 heterocycles. The average molecular weight is 679 g/mol. The van der Waals surface area contributed by atoms with Crippen LogP contribution in [0.25, 0.3) is 0 Å². The number of carbonyl (C=O) groups excluding carboxylic acids is 2. The molecule has 4 N–H and O–H groups in total. The molecule has 0 bridgehead atoms. The van der Waals surface area contributed by atoms with Crippen LogP contribution in [-0.2, 0) is 28.5 Å². The Morgan fingerprint density at radius 2 is 1.21 bits per heavy atom. The number of aliphatic hydroxyl groups is 4. The molecule has 10 heteroatoms. The molecule has 6 unspecified atom stereocenters. The van der Waals surface area contributed by atoms with Crippen LogP contribution < -0.4 is 0 Å². The van der Waals surface area contributed by atoms with Crippen LogP contribution in [0.5, 0.6) is 0 Å². The van der Waals surface area contributed by atoms with Crippen molar-refractivity contribution < 1.29 is 49.0 Å². The summed E-state index contributed by atoms with van der Waals surface area (Å²) in [5.41, 5.74) is 0. The second-order valence-corrected chi connectivity index (χ2v) is 12.0. The second-order valence-electron chi connectivity index (χ2n) is 12.0. The molecular weight excluding hydrogens is 616 g/mol. The van der Waals surface area contributed by atoms with Crippen molar-refractivity contribution in [3.05, 3.63) is 60.8 Å². The number of ether oxygens (including phenoxy) is 4. The van der Waals surface area contributed by atoms with Gasteiger partial charge < -0.3 is 39.4 Å². The van der Waals surface area contributed by atoms with Gasteiger partial charge in [-0.2, -0.15) is 0 Å². The van der Waals surface area contributed by atoms with Gasteiger partial charge in [0.15, 0.2) is 12.4 Å². The Bertz CT molecular complexity index is 971. The third kappa shape index (κ3) is 21.4. The Kier molecular flexibility index (Phi) is 26.5. The summed E-state index contributed by atoms with van der Waals surface area (Å²) in [6.45, 7) is 3.13. The minimum absolute atomic E-state index is 0.00370. The van der Waals surface area contributed by atoms with Gasteiger partial charge in [0.1, 0.15) is 31.0 Å². The summed E-state index contributed by atoms with van der Waals surface area (Å²) < 4.78 is 21.8. The standard InChI is InChI=1S/C38H62O10/c1-3-5-7-9-11-13-14-15-16-17-18-19-21-23-25-27-34(41)47-31(29-45-33(40)26-24-22-20-12-10-8-6-4-2)30-46-38-37(44)36(43)35(42)32(28-39)48-38/h5,7,11,13,15-16,18-19,23,25,31-32,35-39,42-44H,3-4,6,8-10,12,14,17,20-22,24,26-30H2,1-2H3/b7-5-,13-11-,16-15-,19-18-,25-23-. The molecule has 0 radical (unpaired) electrons. The third-order valence-corrected chi connectivity index (χ3v) is 7.70.